The van der Waals surface area contributed by atoms with Crippen molar-refractivity contribution >= 4 is 18.0 Å². The van der Waals surface area contributed by atoms with Gasteiger partial charge >= 0.3 is 12.1 Å². The first-order valence-electron chi connectivity index (χ1n) is 8.25. The summed E-state index contributed by atoms with van der Waals surface area (Å²) >= 11 is 0. The van der Waals surface area contributed by atoms with E-state index in [4.69, 9.17) is 9.15 Å². The number of carbonyl (C=O) groups excluding carboxylic acids is 2. The van der Waals surface area contributed by atoms with E-state index in [0.717, 1.165) is 19.3 Å². The molecular weight excluding hydrogens is 375 g/mol. The van der Waals surface area contributed by atoms with Crippen molar-refractivity contribution in [3.05, 3.63) is 76.4 Å². The number of hydrogen-bond acceptors (Lipinski definition) is 4. The van der Waals surface area contributed by atoms with Gasteiger partial charge in [0.2, 0.25) is 0 Å². The second-order valence-corrected chi connectivity index (χ2v) is 6.07. The zero-order valence-electron chi connectivity index (χ0n) is 15.0. The van der Waals surface area contributed by atoms with Gasteiger partial charge in [-0.1, -0.05) is 18.2 Å². The van der Waals surface area contributed by atoms with E-state index in [2.05, 4.69) is 0 Å². The van der Waals surface area contributed by atoms with Crippen molar-refractivity contribution in [1.29, 1.82) is 0 Å². The van der Waals surface area contributed by atoms with Crippen LogP contribution in [0.3, 0.4) is 0 Å². The molecule has 1 aliphatic heterocycles. The molecule has 2 heterocycles. The van der Waals surface area contributed by atoms with Gasteiger partial charge in [-0.3, -0.25) is 4.79 Å². The van der Waals surface area contributed by atoms with Crippen LogP contribution in [0.2, 0.25) is 0 Å². The van der Waals surface area contributed by atoms with Crippen molar-refractivity contribution in [2.24, 2.45) is 0 Å². The van der Waals surface area contributed by atoms with E-state index in [1.165, 1.54) is 36.3 Å². The summed E-state index contributed by atoms with van der Waals surface area (Å²) in [5.41, 5.74) is -1.07. The number of alkyl halides is 3. The number of hydrogen-bond donors (Lipinski definition) is 0. The summed E-state index contributed by atoms with van der Waals surface area (Å²) in [5.74, 6) is -0.941. The fourth-order valence-corrected chi connectivity index (χ4v) is 3.01. The molecule has 0 unspecified atom stereocenters. The summed E-state index contributed by atoms with van der Waals surface area (Å²) in [6.45, 7) is 1.57. The molecule has 2 aromatic rings. The summed E-state index contributed by atoms with van der Waals surface area (Å²) in [6.07, 6.45) is -2.09. The number of methoxy groups -OCH3 is 1. The molecule has 0 atom stereocenters. The van der Waals surface area contributed by atoms with Gasteiger partial charge in [0.15, 0.2) is 0 Å². The van der Waals surface area contributed by atoms with Crippen LogP contribution in [0.1, 0.15) is 23.8 Å². The number of nitrogens with zero attached hydrogens (tertiary/aromatic N) is 1. The van der Waals surface area contributed by atoms with E-state index in [-0.39, 0.29) is 29.0 Å². The highest BCUT2D eigenvalue weighted by Gasteiger charge is 2.38. The highest BCUT2D eigenvalue weighted by molar-refractivity contribution is 6.16. The van der Waals surface area contributed by atoms with Gasteiger partial charge in [-0.2, -0.15) is 13.2 Å². The van der Waals surface area contributed by atoms with E-state index in [9.17, 15) is 22.8 Å². The number of ether oxygens (including phenoxy) is 1. The Labute approximate surface area is 158 Å². The lowest BCUT2D eigenvalue weighted by Gasteiger charge is -2.16. The fraction of sp³-hybridized carbons (Fsp3) is 0.200. The third-order valence-electron chi connectivity index (χ3n) is 4.36. The molecule has 0 saturated heterocycles. The Morgan fingerprint density at radius 1 is 1.21 bits per heavy atom. The van der Waals surface area contributed by atoms with Gasteiger partial charge < -0.3 is 14.1 Å². The van der Waals surface area contributed by atoms with Crippen LogP contribution in [0.15, 0.2) is 63.9 Å². The van der Waals surface area contributed by atoms with Gasteiger partial charge in [-0.05, 0) is 36.8 Å². The third kappa shape index (κ3) is 3.58. The summed E-state index contributed by atoms with van der Waals surface area (Å²) in [5, 5.41) is 0. The number of furan rings is 1. The molecule has 8 heteroatoms. The molecule has 1 aromatic heterocycles. The van der Waals surface area contributed by atoms with Crippen molar-refractivity contribution in [3.63, 3.8) is 0 Å². The predicted molar refractivity (Wildman–Crippen MR) is 93.4 cm³/mol. The minimum absolute atomic E-state index is 0.0381. The first kappa shape index (κ1) is 19.5. The van der Waals surface area contributed by atoms with Crippen LogP contribution in [0, 0.1) is 0 Å². The lowest BCUT2D eigenvalue weighted by Crippen LogP contribution is -2.24. The maximum absolute atomic E-state index is 13.3. The topological polar surface area (TPSA) is 59.8 Å². The summed E-state index contributed by atoms with van der Waals surface area (Å²) in [7, 11) is 1.14. The molecule has 146 valence electrons. The van der Waals surface area contributed by atoms with Gasteiger partial charge in [0.25, 0.3) is 5.91 Å². The average molecular weight is 391 g/mol. The van der Waals surface area contributed by atoms with Gasteiger partial charge in [0, 0.05) is 5.70 Å². The number of esters is 1. The van der Waals surface area contributed by atoms with E-state index in [0.29, 0.717) is 5.76 Å². The normalized spacial score (nSPS) is 16.2. The fourth-order valence-electron chi connectivity index (χ4n) is 3.01. The number of carbonyl (C=O) groups is 2. The molecular formula is C20H16F3NO4. The van der Waals surface area contributed by atoms with Gasteiger partial charge in [-0.25, -0.2) is 4.79 Å². The molecule has 5 nitrogen and oxygen atoms in total. The number of allylic oxidation sites excluding steroid dienone is 1. The first-order chi connectivity index (χ1) is 13.2. The van der Waals surface area contributed by atoms with Crippen LogP contribution in [0.25, 0.3) is 6.08 Å². The summed E-state index contributed by atoms with van der Waals surface area (Å²) in [6, 6.07) is 8.14. The summed E-state index contributed by atoms with van der Waals surface area (Å²) in [4.78, 5) is 26.4. The molecule has 0 aliphatic carbocycles. The SMILES string of the molecule is COC(=O)C1=C(C)N(Cc2ccco2)C(=O)/C1=C\c1ccccc1C(F)(F)F. The Kier molecular flexibility index (Phi) is 5.13. The Morgan fingerprint density at radius 3 is 2.54 bits per heavy atom. The lowest BCUT2D eigenvalue weighted by molar-refractivity contribution is -0.138. The largest absolute Gasteiger partial charge is 0.467 e. The highest BCUT2D eigenvalue weighted by Crippen LogP contribution is 2.36. The predicted octanol–water partition coefficient (Wildman–Crippen LogP) is 4.17. The van der Waals surface area contributed by atoms with Crippen LogP contribution in [0.5, 0.6) is 0 Å². The number of benzene rings is 1. The molecule has 0 bridgehead atoms. The van der Waals surface area contributed by atoms with Crippen molar-refractivity contribution in [2.75, 3.05) is 7.11 Å². The lowest BCUT2D eigenvalue weighted by atomic mass is 10.00. The zero-order chi connectivity index (χ0) is 20.5. The maximum atomic E-state index is 13.3. The standard InChI is InChI=1S/C20H16F3NO4/c1-12-17(19(26)27-2)15(18(25)24(12)11-14-7-5-9-28-14)10-13-6-3-4-8-16(13)20(21,22)23/h3-10H,11H2,1-2H3/b15-10-. The van der Waals surface area contributed by atoms with Crippen molar-refractivity contribution in [2.45, 2.75) is 19.6 Å². The summed E-state index contributed by atoms with van der Waals surface area (Å²) < 4.78 is 49.9. The minimum Gasteiger partial charge on any atom is -0.467 e. The minimum atomic E-state index is -4.60. The average Bonchev–Trinajstić information content (AvgIpc) is 3.24. The Morgan fingerprint density at radius 2 is 1.93 bits per heavy atom. The second-order valence-electron chi connectivity index (χ2n) is 6.07. The molecule has 1 amide bonds. The van der Waals surface area contributed by atoms with Gasteiger partial charge in [0.1, 0.15) is 5.76 Å². The number of amides is 1. The quantitative estimate of drug-likeness (QED) is 0.580. The zero-order valence-corrected chi connectivity index (χ0v) is 15.0. The van der Waals surface area contributed by atoms with E-state index in [1.807, 2.05) is 0 Å². The van der Waals surface area contributed by atoms with Gasteiger partial charge in [-0.15, -0.1) is 0 Å². The van der Waals surface area contributed by atoms with E-state index in [1.54, 1.807) is 12.1 Å². The number of rotatable bonds is 4. The Hall–Kier alpha value is -3.29. The van der Waals surface area contributed by atoms with Crippen LogP contribution in [-0.4, -0.2) is 23.9 Å². The Balaban J connectivity index is 2.11. The molecule has 0 N–H and O–H groups in total. The molecule has 1 aliphatic rings. The van der Waals surface area contributed by atoms with Crippen LogP contribution in [-0.2, 0) is 27.0 Å². The molecule has 0 fully saturated rings. The monoisotopic (exact) mass is 391 g/mol. The second kappa shape index (κ2) is 7.38. The van der Waals surface area contributed by atoms with E-state index >= 15 is 0 Å². The molecule has 0 radical (unpaired) electrons. The molecule has 0 spiro atoms. The van der Waals surface area contributed by atoms with Crippen LogP contribution < -0.4 is 0 Å². The van der Waals surface area contributed by atoms with Crippen molar-refractivity contribution in [3.8, 4) is 0 Å². The van der Waals surface area contributed by atoms with Crippen molar-refractivity contribution < 1.29 is 31.9 Å². The van der Waals surface area contributed by atoms with Crippen LogP contribution >= 0.6 is 0 Å². The molecule has 0 saturated carbocycles. The van der Waals surface area contributed by atoms with Crippen molar-refractivity contribution in [1.82, 2.24) is 4.90 Å². The molecule has 28 heavy (non-hydrogen) atoms. The first-order valence-corrected chi connectivity index (χ1v) is 8.25. The van der Waals surface area contributed by atoms with E-state index < -0.39 is 23.6 Å². The Bertz CT molecular complexity index is 972. The number of halogens is 3. The smallest absolute Gasteiger partial charge is 0.416 e. The molecule has 3 rings (SSSR count). The molecule has 1 aromatic carbocycles. The third-order valence-corrected chi connectivity index (χ3v) is 4.36. The highest BCUT2D eigenvalue weighted by atomic mass is 19.4. The van der Waals surface area contributed by atoms with Gasteiger partial charge in [0.05, 0.1) is 36.6 Å². The maximum Gasteiger partial charge on any atom is 0.416 e. The van der Waals surface area contributed by atoms with Crippen LogP contribution in [0.4, 0.5) is 13.2 Å².